The predicted octanol–water partition coefficient (Wildman–Crippen LogP) is 4.88. The highest BCUT2D eigenvalue weighted by Crippen LogP contribution is 2.57. The highest BCUT2D eigenvalue weighted by atomic mass is 31.2. The molecule has 0 unspecified atom stereocenters. The fourth-order valence-corrected chi connectivity index (χ4v) is 7.76. The van der Waals surface area contributed by atoms with Gasteiger partial charge in [0.05, 0.1) is 5.69 Å². The van der Waals surface area contributed by atoms with Crippen molar-refractivity contribution in [2.45, 2.75) is 13.1 Å². The number of rotatable bonds is 5. The summed E-state index contributed by atoms with van der Waals surface area (Å²) >= 11 is 0. The Morgan fingerprint density at radius 2 is 1.04 bits per heavy atom. The molecule has 0 N–H and O–H groups in total. The minimum Gasteiger partial charge on any atom is -0.257 e. The van der Waals surface area contributed by atoms with Crippen LogP contribution in [0.25, 0.3) is 0 Å². The van der Waals surface area contributed by atoms with Gasteiger partial charge in [0.2, 0.25) is 0 Å². The van der Waals surface area contributed by atoms with Gasteiger partial charge in [0.1, 0.15) is 29.3 Å². The van der Waals surface area contributed by atoms with Crippen LogP contribution in [0.15, 0.2) is 109 Å². The molecule has 0 amide bonds. The molecule has 0 atom stereocenters. The average molecular weight is 368 g/mol. The summed E-state index contributed by atoms with van der Waals surface area (Å²) < 4.78 is 0. The molecule has 27 heavy (non-hydrogen) atoms. The second-order valence-electron chi connectivity index (χ2n) is 6.80. The van der Waals surface area contributed by atoms with Gasteiger partial charge in [-0.3, -0.25) is 4.98 Å². The van der Waals surface area contributed by atoms with Gasteiger partial charge in [-0.1, -0.05) is 60.7 Å². The Kier molecular flexibility index (Phi) is 5.14. The maximum atomic E-state index is 4.77. The van der Waals surface area contributed by atoms with Crippen molar-refractivity contribution in [1.29, 1.82) is 0 Å². The van der Waals surface area contributed by atoms with Gasteiger partial charge in [0.25, 0.3) is 0 Å². The number of benzene rings is 3. The molecule has 0 aliphatic carbocycles. The van der Waals surface area contributed by atoms with E-state index in [1.165, 1.54) is 21.5 Å². The number of pyridine rings is 1. The first-order chi connectivity index (χ1) is 13.3. The van der Waals surface area contributed by atoms with Crippen LogP contribution in [0.3, 0.4) is 0 Å². The molecular formula is C25H23NP+. The van der Waals surface area contributed by atoms with Crippen LogP contribution in [0.4, 0.5) is 0 Å². The van der Waals surface area contributed by atoms with Crippen LogP contribution in [0.5, 0.6) is 0 Å². The summed E-state index contributed by atoms with van der Waals surface area (Å²) in [5, 5.41) is 4.18. The van der Waals surface area contributed by atoms with E-state index < -0.39 is 7.26 Å². The monoisotopic (exact) mass is 368 g/mol. The molecule has 0 aliphatic heterocycles. The van der Waals surface area contributed by atoms with Crippen molar-refractivity contribution in [3.63, 3.8) is 0 Å². The summed E-state index contributed by atoms with van der Waals surface area (Å²) in [5.74, 6) is 0. The van der Waals surface area contributed by atoms with Gasteiger partial charge in [-0.05, 0) is 55.0 Å². The van der Waals surface area contributed by atoms with Gasteiger partial charge in [0.15, 0.2) is 0 Å². The van der Waals surface area contributed by atoms with Crippen molar-refractivity contribution in [1.82, 2.24) is 4.98 Å². The van der Waals surface area contributed by atoms with Gasteiger partial charge < -0.3 is 0 Å². The van der Waals surface area contributed by atoms with Gasteiger partial charge in [-0.25, -0.2) is 0 Å². The van der Waals surface area contributed by atoms with Crippen LogP contribution in [0.2, 0.25) is 0 Å². The quantitative estimate of drug-likeness (QED) is 0.457. The van der Waals surface area contributed by atoms with Crippen LogP contribution in [-0.4, -0.2) is 4.98 Å². The number of hydrogen-bond donors (Lipinski definition) is 0. The summed E-state index contributed by atoms with van der Waals surface area (Å²) in [6.07, 6.45) is 2.90. The third kappa shape index (κ3) is 3.56. The number of aromatic nitrogens is 1. The van der Waals surface area contributed by atoms with Crippen LogP contribution in [0.1, 0.15) is 11.3 Å². The summed E-state index contributed by atoms with van der Waals surface area (Å²) in [7, 11) is -1.85. The topological polar surface area (TPSA) is 12.9 Å². The molecule has 1 nitrogen and oxygen atoms in total. The van der Waals surface area contributed by atoms with Crippen molar-refractivity contribution in [3.05, 3.63) is 121 Å². The van der Waals surface area contributed by atoms with E-state index in [2.05, 4.69) is 110 Å². The molecule has 2 heteroatoms. The molecule has 0 saturated heterocycles. The van der Waals surface area contributed by atoms with E-state index in [0.29, 0.717) is 0 Å². The molecule has 4 aromatic rings. The predicted molar refractivity (Wildman–Crippen MR) is 118 cm³/mol. The van der Waals surface area contributed by atoms with Crippen LogP contribution < -0.4 is 15.9 Å². The van der Waals surface area contributed by atoms with Crippen molar-refractivity contribution in [3.8, 4) is 0 Å². The number of hydrogen-bond acceptors (Lipinski definition) is 1. The van der Waals surface area contributed by atoms with E-state index in [1.54, 1.807) is 0 Å². The largest absolute Gasteiger partial charge is 0.257 e. The van der Waals surface area contributed by atoms with Crippen LogP contribution >= 0.6 is 7.26 Å². The van der Waals surface area contributed by atoms with E-state index >= 15 is 0 Å². The lowest BCUT2D eigenvalue weighted by Gasteiger charge is -2.27. The maximum Gasteiger partial charge on any atom is 0.118 e. The fourth-order valence-electron chi connectivity index (χ4n) is 3.60. The summed E-state index contributed by atoms with van der Waals surface area (Å²) in [4.78, 5) is 4.77. The Bertz CT molecular complexity index is 884. The first kappa shape index (κ1) is 17.6. The third-order valence-electron chi connectivity index (χ3n) is 4.96. The lowest BCUT2D eigenvalue weighted by Crippen LogP contribution is -2.32. The second kappa shape index (κ2) is 7.86. The molecule has 0 radical (unpaired) electrons. The first-order valence-corrected chi connectivity index (χ1v) is 11.2. The third-order valence-corrected chi connectivity index (χ3v) is 9.30. The zero-order valence-corrected chi connectivity index (χ0v) is 16.4. The lowest BCUT2D eigenvalue weighted by atomic mass is 10.3. The minimum absolute atomic E-state index is 0.922. The number of aryl methyl sites for hydroxylation is 1. The van der Waals surface area contributed by atoms with E-state index in [9.17, 15) is 0 Å². The Labute approximate surface area is 162 Å². The molecule has 0 spiro atoms. The van der Waals surface area contributed by atoms with Crippen LogP contribution in [-0.2, 0) is 6.16 Å². The van der Waals surface area contributed by atoms with Crippen molar-refractivity contribution < 1.29 is 0 Å². The molecule has 0 bridgehead atoms. The zero-order chi connectivity index (χ0) is 18.5. The molecule has 0 aliphatic rings. The normalized spacial score (nSPS) is 11.3. The molecule has 1 aromatic heterocycles. The Morgan fingerprint density at radius 3 is 1.41 bits per heavy atom. The first-order valence-electron chi connectivity index (χ1n) is 9.25. The molecule has 3 aromatic carbocycles. The van der Waals surface area contributed by atoms with Gasteiger partial charge in [-0.15, -0.1) is 0 Å². The van der Waals surface area contributed by atoms with Crippen molar-refractivity contribution in [2.75, 3.05) is 0 Å². The average Bonchev–Trinajstić information content (AvgIpc) is 2.75. The molecule has 0 fully saturated rings. The van der Waals surface area contributed by atoms with E-state index in [-0.39, 0.29) is 0 Å². The maximum absolute atomic E-state index is 4.77. The van der Waals surface area contributed by atoms with Gasteiger partial charge in [-0.2, -0.15) is 0 Å². The zero-order valence-electron chi connectivity index (χ0n) is 15.5. The summed E-state index contributed by atoms with van der Waals surface area (Å²) in [6.45, 7) is 2.09. The van der Waals surface area contributed by atoms with Crippen molar-refractivity contribution in [2.24, 2.45) is 0 Å². The molecular weight excluding hydrogens is 345 g/mol. The van der Waals surface area contributed by atoms with Gasteiger partial charge >= 0.3 is 0 Å². The van der Waals surface area contributed by atoms with E-state index in [0.717, 1.165) is 11.9 Å². The molecule has 0 saturated carbocycles. The summed E-state index contributed by atoms with van der Waals surface area (Å²) in [5.41, 5.74) is 2.34. The van der Waals surface area contributed by atoms with Crippen LogP contribution in [0, 0.1) is 6.92 Å². The standard InChI is InChI=1S/C25H23NP/c1-21-17-18-22(26-19-21)20-27(23-11-5-2-6-12-23,24-13-7-3-8-14-24)25-15-9-4-10-16-25/h2-19H,20H2,1H3/q+1. The fraction of sp³-hybridized carbons (Fsp3) is 0.0800. The van der Waals surface area contributed by atoms with Gasteiger partial charge in [0, 0.05) is 6.20 Å². The molecule has 4 rings (SSSR count). The Balaban J connectivity index is 1.98. The summed E-state index contributed by atoms with van der Waals surface area (Å²) in [6, 6.07) is 37.2. The number of nitrogens with zero attached hydrogens (tertiary/aromatic N) is 1. The van der Waals surface area contributed by atoms with E-state index in [1.807, 2.05) is 6.20 Å². The lowest BCUT2D eigenvalue weighted by molar-refractivity contribution is 1.14. The SMILES string of the molecule is Cc1ccc(C[P+](c2ccccc2)(c2ccccc2)c2ccccc2)nc1. The molecule has 1 heterocycles. The molecule has 132 valence electrons. The Hall–Kier alpha value is -2.76. The van der Waals surface area contributed by atoms with E-state index in [4.69, 9.17) is 4.98 Å². The van der Waals surface area contributed by atoms with Crippen molar-refractivity contribution >= 4 is 23.2 Å². The second-order valence-corrected chi connectivity index (χ2v) is 10.3. The Morgan fingerprint density at radius 1 is 0.593 bits per heavy atom. The highest BCUT2D eigenvalue weighted by molar-refractivity contribution is 7.95. The minimum atomic E-state index is -1.85. The smallest absolute Gasteiger partial charge is 0.118 e. The highest BCUT2D eigenvalue weighted by Gasteiger charge is 2.45.